The molecule has 3 aromatic carbocycles. The second kappa shape index (κ2) is 11.0. The number of ether oxygens (including phenoxy) is 2. The van der Waals surface area contributed by atoms with Crippen molar-refractivity contribution in [3.05, 3.63) is 91.9 Å². The molecule has 0 aliphatic carbocycles. The van der Waals surface area contributed by atoms with Gasteiger partial charge >= 0.3 is 0 Å². The third-order valence-electron chi connectivity index (χ3n) is 4.75. The maximum absolute atomic E-state index is 12.6. The van der Waals surface area contributed by atoms with E-state index in [4.69, 9.17) is 9.47 Å². The third-order valence-corrected chi connectivity index (χ3v) is 6.23. The zero-order chi connectivity index (χ0) is 23.1. The van der Waals surface area contributed by atoms with E-state index in [0.717, 1.165) is 20.1 Å². The Bertz CT molecular complexity index is 1200. The fourth-order valence-electron chi connectivity index (χ4n) is 3.09. The lowest BCUT2D eigenvalue weighted by molar-refractivity contribution is -0.112. The van der Waals surface area contributed by atoms with Crippen LogP contribution in [0.1, 0.15) is 16.7 Å². The molecule has 0 saturated heterocycles. The van der Waals surface area contributed by atoms with Crippen LogP contribution >= 0.6 is 31.9 Å². The van der Waals surface area contributed by atoms with Crippen molar-refractivity contribution >= 4 is 49.5 Å². The zero-order valence-corrected chi connectivity index (χ0v) is 20.7. The molecule has 0 saturated carbocycles. The summed E-state index contributed by atoms with van der Waals surface area (Å²) in [4.78, 5) is 12.6. The largest absolute Gasteiger partial charge is 0.497 e. The van der Waals surface area contributed by atoms with Gasteiger partial charge in [-0.25, -0.2) is 0 Å². The SMILES string of the molecule is COc1ccc(NC(=O)/C(C#N)=C/c2cc(Br)c(Cc3ccccc3Br)c(OC)c2)cc1. The van der Waals surface area contributed by atoms with Gasteiger partial charge in [0.15, 0.2) is 0 Å². The van der Waals surface area contributed by atoms with Crippen LogP contribution in [0.25, 0.3) is 6.08 Å². The standard InChI is InChI=1S/C25H20Br2N2O3/c1-31-20-9-7-19(8-10-20)29-25(30)18(15-28)11-16-12-23(27)21(24(13-16)32-2)14-17-5-3-4-6-22(17)26/h3-13H,14H2,1-2H3,(H,29,30)/b18-11+. The maximum Gasteiger partial charge on any atom is 0.266 e. The fraction of sp³-hybridized carbons (Fsp3) is 0.120. The van der Waals surface area contributed by atoms with E-state index < -0.39 is 5.91 Å². The highest BCUT2D eigenvalue weighted by Crippen LogP contribution is 2.33. The number of amides is 1. The molecule has 0 aliphatic rings. The summed E-state index contributed by atoms with van der Waals surface area (Å²) in [6, 6.07) is 20.5. The van der Waals surface area contributed by atoms with Crippen molar-refractivity contribution in [3.63, 3.8) is 0 Å². The third kappa shape index (κ3) is 5.78. The van der Waals surface area contributed by atoms with Crippen molar-refractivity contribution in [3.8, 4) is 17.6 Å². The Morgan fingerprint density at radius 1 is 1.03 bits per heavy atom. The molecule has 0 radical (unpaired) electrons. The van der Waals surface area contributed by atoms with Crippen LogP contribution in [0.4, 0.5) is 5.69 Å². The van der Waals surface area contributed by atoms with Gasteiger partial charge in [-0.05, 0) is 59.7 Å². The lowest BCUT2D eigenvalue weighted by Crippen LogP contribution is -2.13. The molecule has 0 heterocycles. The fourth-order valence-corrected chi connectivity index (χ4v) is 4.11. The first-order valence-corrected chi connectivity index (χ1v) is 11.2. The van der Waals surface area contributed by atoms with Crippen LogP contribution in [-0.4, -0.2) is 20.1 Å². The van der Waals surface area contributed by atoms with Crippen LogP contribution in [0.5, 0.6) is 11.5 Å². The van der Waals surface area contributed by atoms with Crippen molar-refractivity contribution < 1.29 is 14.3 Å². The number of hydrogen-bond donors (Lipinski definition) is 1. The Hall–Kier alpha value is -3.08. The van der Waals surface area contributed by atoms with Gasteiger partial charge in [0.05, 0.1) is 14.2 Å². The topological polar surface area (TPSA) is 71.3 Å². The average Bonchev–Trinajstić information content (AvgIpc) is 2.80. The lowest BCUT2D eigenvalue weighted by atomic mass is 10.0. The van der Waals surface area contributed by atoms with E-state index in [9.17, 15) is 10.1 Å². The second-order valence-corrected chi connectivity index (χ2v) is 8.51. The number of carbonyl (C=O) groups excluding carboxylic acids is 1. The molecule has 5 nitrogen and oxygen atoms in total. The molecule has 0 aromatic heterocycles. The van der Waals surface area contributed by atoms with E-state index in [1.807, 2.05) is 42.5 Å². The van der Waals surface area contributed by atoms with E-state index in [-0.39, 0.29) is 5.57 Å². The minimum absolute atomic E-state index is 0.0201. The molecular formula is C25H20Br2N2O3. The first-order chi connectivity index (χ1) is 15.4. The summed E-state index contributed by atoms with van der Waals surface area (Å²) in [5.41, 5.74) is 3.31. The highest BCUT2D eigenvalue weighted by atomic mass is 79.9. The quantitative estimate of drug-likeness (QED) is 0.272. The average molecular weight is 556 g/mol. The Morgan fingerprint density at radius 3 is 2.38 bits per heavy atom. The number of benzene rings is 3. The monoisotopic (exact) mass is 554 g/mol. The van der Waals surface area contributed by atoms with Gasteiger partial charge in [-0.1, -0.05) is 50.1 Å². The van der Waals surface area contributed by atoms with Crippen LogP contribution in [-0.2, 0) is 11.2 Å². The van der Waals surface area contributed by atoms with Crippen LogP contribution < -0.4 is 14.8 Å². The molecule has 0 unspecified atom stereocenters. The maximum atomic E-state index is 12.6. The summed E-state index contributed by atoms with van der Waals surface area (Å²) >= 11 is 7.20. The predicted molar refractivity (Wildman–Crippen MR) is 133 cm³/mol. The molecule has 7 heteroatoms. The van der Waals surface area contributed by atoms with Crippen molar-refractivity contribution in [1.82, 2.24) is 0 Å². The summed E-state index contributed by atoms with van der Waals surface area (Å²) < 4.78 is 12.6. The number of nitrogens with one attached hydrogen (secondary N) is 1. The molecule has 32 heavy (non-hydrogen) atoms. The van der Waals surface area contributed by atoms with Gasteiger partial charge in [-0.2, -0.15) is 5.26 Å². The molecule has 1 N–H and O–H groups in total. The molecule has 162 valence electrons. The molecule has 0 bridgehead atoms. The van der Waals surface area contributed by atoms with Gasteiger partial charge in [0.2, 0.25) is 0 Å². The molecule has 3 rings (SSSR count). The molecule has 0 spiro atoms. The van der Waals surface area contributed by atoms with Crippen molar-refractivity contribution in [2.24, 2.45) is 0 Å². The summed E-state index contributed by atoms with van der Waals surface area (Å²) in [7, 11) is 3.17. The Labute approximate surface area is 203 Å². The van der Waals surface area contributed by atoms with Crippen LogP contribution in [0.2, 0.25) is 0 Å². The van der Waals surface area contributed by atoms with Crippen molar-refractivity contribution in [2.45, 2.75) is 6.42 Å². The second-order valence-electron chi connectivity index (χ2n) is 6.80. The first kappa shape index (κ1) is 23.6. The highest BCUT2D eigenvalue weighted by molar-refractivity contribution is 9.10. The molecule has 0 aliphatic heterocycles. The smallest absolute Gasteiger partial charge is 0.266 e. The Kier molecular flexibility index (Phi) is 8.09. The summed E-state index contributed by atoms with van der Waals surface area (Å²) in [6.45, 7) is 0. The van der Waals surface area contributed by atoms with E-state index in [1.54, 1.807) is 38.5 Å². The number of carbonyl (C=O) groups is 1. The van der Waals surface area contributed by atoms with Gasteiger partial charge < -0.3 is 14.8 Å². The van der Waals surface area contributed by atoms with Gasteiger partial charge in [0.1, 0.15) is 23.1 Å². The van der Waals surface area contributed by atoms with Crippen LogP contribution in [0, 0.1) is 11.3 Å². The number of nitrogens with zero attached hydrogens (tertiary/aromatic N) is 1. The van der Waals surface area contributed by atoms with E-state index >= 15 is 0 Å². The number of halogens is 2. The lowest BCUT2D eigenvalue weighted by Gasteiger charge is -2.13. The number of nitriles is 1. The van der Waals surface area contributed by atoms with E-state index in [1.165, 1.54) is 6.08 Å². The molecule has 1 amide bonds. The van der Waals surface area contributed by atoms with Gasteiger partial charge in [-0.3, -0.25) is 4.79 Å². The molecule has 0 atom stereocenters. The van der Waals surface area contributed by atoms with Crippen molar-refractivity contribution in [1.29, 1.82) is 5.26 Å². The first-order valence-electron chi connectivity index (χ1n) is 9.62. The number of hydrogen-bond acceptors (Lipinski definition) is 4. The van der Waals surface area contributed by atoms with Gasteiger partial charge in [-0.15, -0.1) is 0 Å². The molecule has 3 aromatic rings. The molecule has 0 fully saturated rings. The van der Waals surface area contributed by atoms with Crippen molar-refractivity contribution in [2.75, 3.05) is 19.5 Å². The molecular weight excluding hydrogens is 536 g/mol. The van der Waals surface area contributed by atoms with E-state index in [0.29, 0.717) is 29.2 Å². The Balaban J connectivity index is 1.87. The van der Waals surface area contributed by atoms with Gasteiger partial charge in [0.25, 0.3) is 5.91 Å². The van der Waals surface area contributed by atoms with Crippen LogP contribution in [0.3, 0.4) is 0 Å². The predicted octanol–water partition coefficient (Wildman–Crippen LogP) is 6.37. The summed E-state index contributed by atoms with van der Waals surface area (Å²) in [6.07, 6.45) is 2.19. The van der Waals surface area contributed by atoms with Crippen LogP contribution in [0.15, 0.2) is 75.2 Å². The highest BCUT2D eigenvalue weighted by Gasteiger charge is 2.14. The van der Waals surface area contributed by atoms with Gasteiger partial charge in [0, 0.05) is 26.6 Å². The number of rotatable bonds is 7. The minimum atomic E-state index is -0.495. The zero-order valence-electron chi connectivity index (χ0n) is 17.5. The Morgan fingerprint density at radius 2 is 1.75 bits per heavy atom. The number of anilines is 1. The normalized spacial score (nSPS) is 10.9. The van der Waals surface area contributed by atoms with E-state index in [2.05, 4.69) is 37.2 Å². The number of methoxy groups -OCH3 is 2. The summed E-state index contributed by atoms with van der Waals surface area (Å²) in [5, 5.41) is 12.3. The minimum Gasteiger partial charge on any atom is -0.497 e. The summed E-state index contributed by atoms with van der Waals surface area (Å²) in [5.74, 6) is 0.845.